The van der Waals surface area contributed by atoms with E-state index in [4.69, 9.17) is 16.7 Å². The predicted octanol–water partition coefficient (Wildman–Crippen LogP) is 3.65. The van der Waals surface area contributed by atoms with Crippen LogP contribution in [0.5, 0.6) is 0 Å². The lowest BCUT2D eigenvalue weighted by molar-refractivity contribution is 0.0696. The molecule has 5 heteroatoms. The third kappa shape index (κ3) is 3.48. The molecule has 0 amide bonds. The Hall–Kier alpha value is -2.07. The van der Waals surface area contributed by atoms with Crippen LogP contribution in [0.1, 0.15) is 28.8 Å². The Bertz CT molecular complexity index is 602. The molecule has 104 valence electrons. The molecule has 0 bridgehead atoms. The van der Waals surface area contributed by atoms with Crippen molar-refractivity contribution in [3.8, 4) is 0 Å². The molecule has 0 aliphatic carbocycles. The van der Waals surface area contributed by atoms with E-state index in [2.05, 4.69) is 29.4 Å². The van der Waals surface area contributed by atoms with Gasteiger partial charge in [0.15, 0.2) is 0 Å². The fraction of sp³-hybridized carbons (Fsp3) is 0.200. The summed E-state index contributed by atoms with van der Waals surface area (Å²) in [5.74, 6) is -0.240. The number of pyridine rings is 1. The molecule has 4 nitrogen and oxygen atoms in total. The summed E-state index contributed by atoms with van der Waals surface area (Å²) in [7, 11) is 0. The van der Waals surface area contributed by atoms with Crippen molar-refractivity contribution in [1.82, 2.24) is 4.98 Å². The number of hydrogen-bond acceptors (Lipinski definition) is 3. The molecule has 0 radical (unpaired) electrons. The van der Waals surface area contributed by atoms with Crippen LogP contribution in [0.25, 0.3) is 0 Å². The third-order valence-corrected chi connectivity index (χ3v) is 3.32. The van der Waals surface area contributed by atoms with Crippen LogP contribution in [-0.4, -0.2) is 22.6 Å². The molecular formula is C15H15ClN2O2. The lowest BCUT2D eigenvalue weighted by Crippen LogP contribution is -2.11. The minimum Gasteiger partial charge on any atom is -0.478 e. The third-order valence-electron chi connectivity index (χ3n) is 3.03. The summed E-state index contributed by atoms with van der Waals surface area (Å²) in [5.41, 5.74) is 1.30. The smallest absolute Gasteiger partial charge is 0.337 e. The molecule has 1 aromatic heterocycles. The van der Waals surface area contributed by atoms with Gasteiger partial charge in [-0.1, -0.05) is 48.9 Å². The summed E-state index contributed by atoms with van der Waals surface area (Å²) < 4.78 is 0. The molecule has 2 N–H and O–H groups in total. The second kappa shape index (κ2) is 6.39. The van der Waals surface area contributed by atoms with Crippen LogP contribution in [0.3, 0.4) is 0 Å². The molecule has 0 aliphatic heterocycles. The maximum absolute atomic E-state index is 10.8. The topological polar surface area (TPSA) is 62.2 Å². The first-order valence-electron chi connectivity index (χ1n) is 6.25. The summed E-state index contributed by atoms with van der Waals surface area (Å²) in [6.07, 6.45) is 1.30. The summed E-state index contributed by atoms with van der Waals surface area (Å²) >= 11 is 6.01. The predicted molar refractivity (Wildman–Crippen MR) is 79.6 cm³/mol. The first kappa shape index (κ1) is 14.3. The van der Waals surface area contributed by atoms with Gasteiger partial charge in [0.1, 0.15) is 5.82 Å². The number of rotatable bonds is 5. The molecule has 1 heterocycles. The molecule has 1 atom stereocenters. The first-order valence-corrected chi connectivity index (χ1v) is 6.63. The van der Waals surface area contributed by atoms with Gasteiger partial charge in [-0.2, -0.15) is 0 Å². The monoisotopic (exact) mass is 290 g/mol. The first-order chi connectivity index (χ1) is 9.58. The van der Waals surface area contributed by atoms with Gasteiger partial charge < -0.3 is 10.4 Å². The second-order valence-corrected chi connectivity index (χ2v) is 4.96. The van der Waals surface area contributed by atoms with Crippen molar-refractivity contribution >= 4 is 23.4 Å². The van der Waals surface area contributed by atoms with Crippen LogP contribution >= 0.6 is 11.6 Å². The van der Waals surface area contributed by atoms with Gasteiger partial charge in [0.2, 0.25) is 0 Å². The number of aromatic nitrogens is 1. The number of benzene rings is 1. The number of hydrogen-bond donors (Lipinski definition) is 2. The Morgan fingerprint density at radius 3 is 2.70 bits per heavy atom. The van der Waals surface area contributed by atoms with Gasteiger partial charge in [-0.3, -0.25) is 0 Å². The van der Waals surface area contributed by atoms with Crippen molar-refractivity contribution in [3.05, 3.63) is 58.7 Å². The molecule has 0 saturated heterocycles. The Morgan fingerprint density at radius 1 is 1.40 bits per heavy atom. The van der Waals surface area contributed by atoms with Crippen LogP contribution in [0.2, 0.25) is 5.02 Å². The van der Waals surface area contributed by atoms with E-state index < -0.39 is 5.97 Å². The zero-order valence-corrected chi connectivity index (χ0v) is 11.8. The number of carboxylic acid groups (broad SMARTS) is 1. The van der Waals surface area contributed by atoms with E-state index >= 15 is 0 Å². The Labute approximate surface area is 122 Å². The van der Waals surface area contributed by atoms with E-state index in [1.54, 1.807) is 0 Å². The molecule has 2 aromatic rings. The maximum atomic E-state index is 10.8. The van der Waals surface area contributed by atoms with E-state index in [1.807, 2.05) is 18.2 Å². The summed E-state index contributed by atoms with van der Waals surface area (Å²) in [6.45, 7) is 2.77. The van der Waals surface area contributed by atoms with Crippen LogP contribution in [0.4, 0.5) is 5.82 Å². The van der Waals surface area contributed by atoms with E-state index in [9.17, 15) is 4.79 Å². The van der Waals surface area contributed by atoms with Gasteiger partial charge in [-0.15, -0.1) is 0 Å². The van der Waals surface area contributed by atoms with Gasteiger partial charge in [0.25, 0.3) is 0 Å². The van der Waals surface area contributed by atoms with Crippen molar-refractivity contribution in [2.45, 2.75) is 12.8 Å². The molecule has 0 saturated carbocycles. The normalized spacial score (nSPS) is 11.9. The molecule has 2 rings (SSSR count). The van der Waals surface area contributed by atoms with Crippen molar-refractivity contribution in [2.75, 3.05) is 11.9 Å². The van der Waals surface area contributed by atoms with Crippen LogP contribution in [0.15, 0.2) is 42.6 Å². The zero-order valence-electron chi connectivity index (χ0n) is 11.0. The van der Waals surface area contributed by atoms with Crippen LogP contribution in [0, 0.1) is 0 Å². The number of aromatic carboxylic acids is 1. The van der Waals surface area contributed by atoms with Crippen molar-refractivity contribution in [3.63, 3.8) is 0 Å². The SMILES string of the molecule is CC(CNc1ncc(C(=O)O)cc1Cl)c1ccccc1. The number of nitrogens with one attached hydrogen (secondary N) is 1. The Kier molecular flexibility index (Phi) is 4.58. The standard InChI is InChI=1S/C15H15ClN2O2/c1-10(11-5-3-2-4-6-11)8-17-14-13(16)7-12(9-18-14)15(19)20/h2-7,9-10H,8H2,1H3,(H,17,18)(H,19,20). The molecule has 20 heavy (non-hydrogen) atoms. The number of anilines is 1. The van der Waals surface area contributed by atoms with Gasteiger partial charge in [-0.25, -0.2) is 9.78 Å². The molecule has 1 unspecified atom stereocenters. The fourth-order valence-corrected chi connectivity index (χ4v) is 2.07. The summed E-state index contributed by atoms with van der Waals surface area (Å²) in [6, 6.07) is 11.5. The highest BCUT2D eigenvalue weighted by molar-refractivity contribution is 6.33. The lowest BCUT2D eigenvalue weighted by Gasteiger charge is -2.14. The van der Waals surface area contributed by atoms with E-state index in [0.717, 1.165) is 0 Å². The highest BCUT2D eigenvalue weighted by Crippen LogP contribution is 2.22. The second-order valence-electron chi connectivity index (χ2n) is 4.55. The molecular weight excluding hydrogens is 276 g/mol. The van der Waals surface area contributed by atoms with Crippen molar-refractivity contribution in [2.24, 2.45) is 0 Å². The lowest BCUT2D eigenvalue weighted by atomic mass is 10.0. The molecule has 0 aliphatic rings. The van der Waals surface area contributed by atoms with Gasteiger partial charge in [0, 0.05) is 12.7 Å². The quantitative estimate of drug-likeness (QED) is 0.882. The van der Waals surface area contributed by atoms with Gasteiger partial charge in [-0.05, 0) is 17.5 Å². The maximum Gasteiger partial charge on any atom is 0.337 e. The summed E-state index contributed by atoms with van der Waals surface area (Å²) in [5, 5.41) is 12.3. The molecule has 0 spiro atoms. The minimum absolute atomic E-state index is 0.0802. The summed E-state index contributed by atoms with van der Waals surface area (Å²) in [4.78, 5) is 14.8. The highest BCUT2D eigenvalue weighted by Gasteiger charge is 2.10. The Balaban J connectivity index is 2.02. The van der Waals surface area contributed by atoms with E-state index in [1.165, 1.54) is 17.8 Å². The molecule has 1 aromatic carbocycles. The van der Waals surface area contributed by atoms with Crippen molar-refractivity contribution in [1.29, 1.82) is 0 Å². The number of carbonyl (C=O) groups is 1. The van der Waals surface area contributed by atoms with E-state index in [-0.39, 0.29) is 5.56 Å². The average Bonchev–Trinajstić information content (AvgIpc) is 2.46. The highest BCUT2D eigenvalue weighted by atomic mass is 35.5. The van der Waals surface area contributed by atoms with E-state index in [0.29, 0.717) is 23.3 Å². The Morgan fingerprint density at radius 2 is 2.10 bits per heavy atom. The number of carboxylic acids is 1. The van der Waals surface area contributed by atoms with Gasteiger partial charge >= 0.3 is 5.97 Å². The molecule has 0 fully saturated rings. The van der Waals surface area contributed by atoms with Crippen molar-refractivity contribution < 1.29 is 9.90 Å². The average molecular weight is 291 g/mol. The minimum atomic E-state index is -1.04. The van der Waals surface area contributed by atoms with Crippen LogP contribution in [-0.2, 0) is 0 Å². The largest absolute Gasteiger partial charge is 0.478 e. The fourth-order valence-electron chi connectivity index (χ4n) is 1.83. The zero-order chi connectivity index (χ0) is 14.5. The number of halogens is 1. The van der Waals surface area contributed by atoms with Crippen LogP contribution < -0.4 is 5.32 Å². The van der Waals surface area contributed by atoms with Gasteiger partial charge in [0.05, 0.1) is 10.6 Å². The number of nitrogens with zero attached hydrogens (tertiary/aromatic N) is 1.